The van der Waals surface area contributed by atoms with E-state index in [0.29, 0.717) is 11.5 Å². The first-order valence-electron chi connectivity index (χ1n) is 20.7. The van der Waals surface area contributed by atoms with Crippen molar-refractivity contribution < 1.29 is 47.2 Å². The average Bonchev–Trinajstić information content (AvgIpc) is 3.86. The van der Waals surface area contributed by atoms with Gasteiger partial charge in [0.2, 0.25) is 5.91 Å². The zero-order valence-corrected chi connectivity index (χ0v) is 37.1. The van der Waals surface area contributed by atoms with Gasteiger partial charge in [0.15, 0.2) is 0 Å². The zero-order valence-electron chi connectivity index (χ0n) is 36.2. The van der Waals surface area contributed by atoms with E-state index < -0.39 is 67.0 Å². The van der Waals surface area contributed by atoms with Crippen LogP contribution in [0.5, 0.6) is 11.5 Å². The summed E-state index contributed by atoms with van der Waals surface area (Å²) in [5, 5.41) is 13.5. The molecule has 2 saturated heterocycles. The van der Waals surface area contributed by atoms with E-state index >= 15 is 0 Å². The minimum absolute atomic E-state index is 0.000130. The van der Waals surface area contributed by atoms with Crippen molar-refractivity contribution in [1.29, 1.82) is 0 Å². The number of amides is 1. The summed E-state index contributed by atoms with van der Waals surface area (Å²) in [6, 6.07) is 26.0. The molecule has 2 aliphatic heterocycles. The van der Waals surface area contributed by atoms with E-state index in [1.54, 1.807) is 28.1 Å². The number of rotatable bonds is 17. The molecule has 3 N–H and O–H groups in total. The summed E-state index contributed by atoms with van der Waals surface area (Å²) in [5.74, 6) is 0.683. The van der Waals surface area contributed by atoms with Crippen molar-refractivity contribution in [2.75, 3.05) is 39.4 Å². The molecule has 0 aliphatic carbocycles. The van der Waals surface area contributed by atoms with Gasteiger partial charge in [-0.05, 0) is 53.9 Å². The number of methoxy groups -OCH3 is 2. The van der Waals surface area contributed by atoms with Crippen LogP contribution in [-0.4, -0.2) is 88.6 Å². The summed E-state index contributed by atoms with van der Waals surface area (Å²) in [4.78, 5) is 56.6. The van der Waals surface area contributed by atoms with Crippen LogP contribution in [0.3, 0.4) is 0 Å². The quantitative estimate of drug-likeness (QED) is 0.0837. The first-order chi connectivity index (χ1) is 30.6. The molecule has 0 spiro atoms. The van der Waals surface area contributed by atoms with Gasteiger partial charge in [-0.1, -0.05) is 68.4 Å². The Kier molecular flexibility index (Phi) is 14.2. The van der Waals surface area contributed by atoms with E-state index in [1.165, 1.54) is 41.2 Å². The molecular weight excluding hydrogens is 849 g/mol. The molecule has 0 radical (unpaired) electrons. The fourth-order valence-electron chi connectivity index (χ4n) is 7.71. The first-order valence-corrected chi connectivity index (χ1v) is 22.7. The van der Waals surface area contributed by atoms with E-state index in [9.17, 15) is 28.8 Å². The van der Waals surface area contributed by atoms with Gasteiger partial charge in [0, 0.05) is 43.4 Å². The molecule has 7 rings (SSSR count). The van der Waals surface area contributed by atoms with Crippen LogP contribution in [0.4, 0.5) is 5.82 Å². The lowest BCUT2D eigenvalue weighted by molar-refractivity contribution is -0.118. The zero-order chi connectivity index (χ0) is 45.8. The molecule has 340 valence electrons. The molecule has 2 aliphatic rings. The maximum Gasteiger partial charge on any atom is 0.351 e. The molecule has 0 saturated carbocycles. The maximum absolute atomic E-state index is 14.2. The third-order valence-electron chi connectivity index (χ3n) is 11.2. The number of nitrogens with zero attached hydrogens (tertiary/aromatic N) is 3. The van der Waals surface area contributed by atoms with Crippen molar-refractivity contribution in [3.8, 4) is 11.5 Å². The molecule has 5 aromatic rings. The molecule has 18 nitrogen and oxygen atoms in total. The average molecular weight is 902 g/mol. The highest BCUT2D eigenvalue weighted by molar-refractivity contribution is 7.53. The maximum atomic E-state index is 14.2. The Hall–Kier alpha value is -5.72. The second kappa shape index (κ2) is 19.6. The highest BCUT2D eigenvalue weighted by atomic mass is 31.2. The molecule has 2 fully saturated rings. The molecular formula is C45H52N5O13P. The van der Waals surface area contributed by atoms with Gasteiger partial charge in [-0.2, -0.15) is 4.98 Å². The SMILES string of the molecule is COc1ccc(C(OC[C@H]2O[C@@H](n3ccc(NC(=O)C(C)C)nc3=O)C[C@@H]2OP(C)(=O)OC[C@H]2O[C@@H](n3cc(C)c(=O)[nH]c3=O)C[C@@H]2O)(c2ccccc2)c2ccc(OC)cc2)cc1. The predicted molar refractivity (Wildman–Crippen MR) is 234 cm³/mol. The lowest BCUT2D eigenvalue weighted by Gasteiger charge is -2.37. The Bertz CT molecular complexity index is 2590. The summed E-state index contributed by atoms with van der Waals surface area (Å²) in [6.45, 7) is 5.70. The molecule has 3 aromatic carbocycles. The van der Waals surface area contributed by atoms with E-state index in [-0.39, 0.29) is 49.3 Å². The number of aliphatic hydroxyl groups excluding tert-OH is 1. The molecule has 64 heavy (non-hydrogen) atoms. The van der Waals surface area contributed by atoms with Gasteiger partial charge in [0.25, 0.3) is 5.56 Å². The van der Waals surface area contributed by atoms with E-state index in [1.807, 2.05) is 78.9 Å². The predicted octanol–water partition coefficient (Wildman–Crippen LogP) is 4.88. The molecule has 1 unspecified atom stereocenters. The Morgan fingerprint density at radius 2 is 1.47 bits per heavy atom. The molecule has 0 bridgehead atoms. The molecule has 19 heteroatoms. The lowest BCUT2D eigenvalue weighted by Crippen LogP contribution is -2.38. The minimum Gasteiger partial charge on any atom is -0.497 e. The van der Waals surface area contributed by atoms with Crippen molar-refractivity contribution >= 4 is 19.3 Å². The minimum atomic E-state index is -4.01. The Morgan fingerprint density at radius 3 is 2.06 bits per heavy atom. The summed E-state index contributed by atoms with van der Waals surface area (Å²) in [5.41, 5.74) is -0.688. The van der Waals surface area contributed by atoms with Gasteiger partial charge in [-0.25, -0.2) is 9.59 Å². The normalized spacial score (nSPS) is 22.0. The third-order valence-corrected chi connectivity index (χ3v) is 12.5. The smallest absolute Gasteiger partial charge is 0.351 e. The molecule has 4 heterocycles. The van der Waals surface area contributed by atoms with Gasteiger partial charge in [0.1, 0.15) is 47.6 Å². The van der Waals surface area contributed by atoms with Crippen molar-refractivity contribution in [1.82, 2.24) is 19.1 Å². The number of aryl methyl sites for hydroxylation is 1. The summed E-state index contributed by atoms with van der Waals surface area (Å²) >= 11 is 0. The second-order valence-electron chi connectivity index (χ2n) is 15.9. The highest BCUT2D eigenvalue weighted by Gasteiger charge is 2.45. The van der Waals surface area contributed by atoms with Crippen molar-refractivity contribution in [2.24, 2.45) is 5.92 Å². The number of hydrogen-bond donors (Lipinski definition) is 3. The number of aromatic nitrogens is 4. The Labute approximate surface area is 368 Å². The number of H-pyrrole nitrogens is 1. The number of aromatic amines is 1. The van der Waals surface area contributed by atoms with Crippen LogP contribution in [0.2, 0.25) is 0 Å². The number of carbonyl (C=O) groups is 1. The van der Waals surface area contributed by atoms with Crippen LogP contribution in [-0.2, 0) is 38.2 Å². The monoisotopic (exact) mass is 901 g/mol. The molecule has 1 amide bonds. The van der Waals surface area contributed by atoms with Crippen LogP contribution < -0.4 is 31.7 Å². The fourth-order valence-corrected chi connectivity index (χ4v) is 8.90. The molecule has 7 atom stereocenters. The lowest BCUT2D eigenvalue weighted by atomic mass is 9.80. The van der Waals surface area contributed by atoms with Crippen molar-refractivity contribution in [3.63, 3.8) is 0 Å². The largest absolute Gasteiger partial charge is 0.497 e. The first kappa shape index (κ1) is 46.3. The summed E-state index contributed by atoms with van der Waals surface area (Å²) in [7, 11) is -0.853. The van der Waals surface area contributed by atoms with Crippen LogP contribution in [0.15, 0.2) is 112 Å². The van der Waals surface area contributed by atoms with Gasteiger partial charge in [-0.15, -0.1) is 0 Å². The van der Waals surface area contributed by atoms with Gasteiger partial charge in [-0.3, -0.25) is 28.3 Å². The fraction of sp³-hybridized carbons (Fsp3) is 0.400. The summed E-state index contributed by atoms with van der Waals surface area (Å²) in [6.07, 6.45) is -3.20. The van der Waals surface area contributed by atoms with Crippen molar-refractivity contribution in [3.05, 3.63) is 151 Å². The van der Waals surface area contributed by atoms with Gasteiger partial charge in [0.05, 0.1) is 39.6 Å². The van der Waals surface area contributed by atoms with Crippen LogP contribution in [0, 0.1) is 12.8 Å². The second-order valence-corrected chi connectivity index (χ2v) is 18.0. The molecule has 2 aromatic heterocycles. The third kappa shape index (κ3) is 10.1. The number of anilines is 1. The highest BCUT2D eigenvalue weighted by Crippen LogP contribution is 2.50. The van der Waals surface area contributed by atoms with Gasteiger partial charge >= 0.3 is 19.0 Å². The number of benzene rings is 3. The number of ether oxygens (including phenoxy) is 5. The Balaban J connectivity index is 1.19. The van der Waals surface area contributed by atoms with E-state index in [0.717, 1.165) is 16.7 Å². The number of carbonyl (C=O) groups excluding carboxylic acids is 1. The Morgan fingerprint density at radius 1 is 0.875 bits per heavy atom. The number of nitrogens with one attached hydrogen (secondary N) is 2. The van der Waals surface area contributed by atoms with Crippen molar-refractivity contribution in [2.45, 2.75) is 76.1 Å². The van der Waals surface area contributed by atoms with Crippen LogP contribution in [0.1, 0.15) is 61.4 Å². The van der Waals surface area contributed by atoms with Gasteiger partial charge < -0.3 is 43.2 Å². The number of aliphatic hydroxyl groups is 1. The summed E-state index contributed by atoms with van der Waals surface area (Å²) < 4.78 is 59.4. The van der Waals surface area contributed by atoms with E-state index in [2.05, 4.69) is 15.3 Å². The van der Waals surface area contributed by atoms with E-state index in [4.69, 9.17) is 32.7 Å². The van der Waals surface area contributed by atoms with Crippen LogP contribution >= 0.6 is 7.60 Å². The van der Waals surface area contributed by atoms with Crippen LogP contribution in [0.25, 0.3) is 0 Å². The topological polar surface area (TPSA) is 221 Å². The number of hydrogen-bond acceptors (Lipinski definition) is 14. The standard InChI is InChI=1S/C45H52N5O13P/c1-27(2)41(52)46-38-20-21-49(43(54)47-38)40-23-35(63-64(6,56)60-26-36-34(51)22-39(61-36)50-24-28(3)42(53)48-44(50)55)37(62-40)25-59-45(29-10-8-7-9-11-29,30-12-16-32(57-4)17-13-30)31-14-18-33(58-5)19-15-31/h7-21,24,27,34-37,39-40,51H,22-23,25-26H2,1-6H3,(H,48,53,55)(H,46,47,52,54)/t34-,35-,36+,37+,39+,40+,64?/m0/s1.